The van der Waals surface area contributed by atoms with Gasteiger partial charge in [-0.05, 0) is 38.5 Å². The lowest BCUT2D eigenvalue weighted by Gasteiger charge is -2.14. The first-order valence-corrected chi connectivity index (χ1v) is 9.96. The zero-order valence-electron chi connectivity index (χ0n) is 15.1. The summed E-state index contributed by atoms with van der Waals surface area (Å²) in [5.74, 6) is -1.81. The van der Waals surface area contributed by atoms with Gasteiger partial charge < -0.3 is 10.1 Å². The topological polar surface area (TPSA) is 131 Å². The summed E-state index contributed by atoms with van der Waals surface area (Å²) in [5, 5.41) is 4.73. The predicted octanol–water partition coefficient (Wildman–Crippen LogP) is 1.17. The van der Waals surface area contributed by atoms with Crippen LogP contribution in [0.25, 0.3) is 0 Å². The monoisotopic (exact) mass is 419 g/mol. The first-order valence-electron chi connectivity index (χ1n) is 8.10. The molecule has 3 amide bonds. The Labute approximate surface area is 162 Å². The van der Waals surface area contributed by atoms with E-state index in [1.54, 1.807) is 6.92 Å². The fourth-order valence-electron chi connectivity index (χ4n) is 1.77. The van der Waals surface area contributed by atoms with Gasteiger partial charge in [-0.25, -0.2) is 13.2 Å². The Morgan fingerprint density at radius 2 is 1.89 bits per heavy atom. The van der Waals surface area contributed by atoms with Crippen LogP contribution >= 0.6 is 11.6 Å². The zero-order valence-corrected chi connectivity index (χ0v) is 16.7. The molecule has 0 heterocycles. The Morgan fingerprint density at radius 1 is 1.22 bits per heavy atom. The van der Waals surface area contributed by atoms with E-state index in [0.717, 1.165) is 0 Å². The van der Waals surface area contributed by atoms with Gasteiger partial charge in [-0.15, -0.1) is 0 Å². The van der Waals surface area contributed by atoms with Crippen molar-refractivity contribution < 1.29 is 27.5 Å². The van der Waals surface area contributed by atoms with E-state index >= 15 is 0 Å². The fraction of sp³-hybridized carbons (Fsp3) is 0.438. The van der Waals surface area contributed by atoms with E-state index in [0.29, 0.717) is 6.42 Å². The normalized spacial score (nSPS) is 13.3. The van der Waals surface area contributed by atoms with Crippen LogP contribution in [0.1, 0.15) is 27.2 Å². The van der Waals surface area contributed by atoms with Crippen molar-refractivity contribution in [3.8, 4) is 0 Å². The molecule has 0 unspecified atom stereocenters. The number of sulfonamides is 1. The Balaban J connectivity index is 2.52. The van der Waals surface area contributed by atoms with Gasteiger partial charge in [-0.3, -0.25) is 14.9 Å². The van der Waals surface area contributed by atoms with E-state index < -0.39 is 40.6 Å². The highest BCUT2D eigenvalue weighted by Gasteiger charge is 2.24. The van der Waals surface area contributed by atoms with Gasteiger partial charge >= 0.3 is 12.0 Å². The van der Waals surface area contributed by atoms with Crippen molar-refractivity contribution in [3.05, 3.63) is 29.3 Å². The van der Waals surface area contributed by atoms with Gasteiger partial charge in [0.25, 0.3) is 5.91 Å². The van der Waals surface area contributed by atoms with E-state index in [4.69, 9.17) is 16.3 Å². The molecular formula is C16H22ClN3O6S. The van der Waals surface area contributed by atoms with Crippen molar-refractivity contribution >= 4 is 39.5 Å². The number of benzene rings is 1. The highest BCUT2D eigenvalue weighted by molar-refractivity contribution is 7.89. The van der Waals surface area contributed by atoms with E-state index in [1.165, 1.54) is 31.2 Å². The number of hydrogen-bond acceptors (Lipinski definition) is 6. The van der Waals surface area contributed by atoms with Gasteiger partial charge in [0.1, 0.15) is 6.04 Å². The lowest BCUT2D eigenvalue weighted by atomic mass is 10.3. The van der Waals surface area contributed by atoms with Gasteiger partial charge in [0, 0.05) is 11.1 Å². The minimum absolute atomic E-state index is 0.117. The smallest absolute Gasteiger partial charge is 0.324 e. The number of ether oxygens (including phenoxy) is 1. The second-order valence-electron chi connectivity index (χ2n) is 5.74. The van der Waals surface area contributed by atoms with E-state index in [-0.39, 0.29) is 16.0 Å². The number of halogens is 1. The number of nitrogens with one attached hydrogen (secondary N) is 3. The third-order valence-electron chi connectivity index (χ3n) is 3.38. The van der Waals surface area contributed by atoms with Crippen molar-refractivity contribution in [1.82, 2.24) is 15.4 Å². The fourth-order valence-corrected chi connectivity index (χ4v) is 3.26. The Hall–Kier alpha value is -2.17. The van der Waals surface area contributed by atoms with E-state index in [2.05, 4.69) is 10.0 Å². The van der Waals surface area contributed by atoms with Crippen LogP contribution in [0.4, 0.5) is 4.79 Å². The first kappa shape index (κ1) is 22.9. The molecule has 9 nitrogen and oxygen atoms in total. The molecule has 0 radical (unpaired) electrons. The molecule has 1 rings (SSSR count). The van der Waals surface area contributed by atoms with Crippen molar-refractivity contribution in [2.45, 2.75) is 44.2 Å². The maximum Gasteiger partial charge on any atom is 0.324 e. The average molecular weight is 420 g/mol. The third-order valence-corrected chi connectivity index (χ3v) is 5.15. The summed E-state index contributed by atoms with van der Waals surface area (Å²) in [6.45, 7) is 4.16. The molecule has 0 aliphatic carbocycles. The summed E-state index contributed by atoms with van der Waals surface area (Å²) in [4.78, 5) is 34.8. The minimum atomic E-state index is -4.00. The molecule has 0 saturated heterocycles. The average Bonchev–Trinajstić information content (AvgIpc) is 2.58. The SMILES string of the molecule is CC[C@@H](C)NC(=O)NC(=O)COC(=O)[C@H](C)NS(=O)(=O)c1cccc(Cl)c1. The van der Waals surface area contributed by atoms with Gasteiger partial charge in [-0.1, -0.05) is 24.6 Å². The first-order chi connectivity index (χ1) is 12.5. The van der Waals surface area contributed by atoms with Crippen LogP contribution in [0.2, 0.25) is 5.02 Å². The molecule has 0 saturated carbocycles. The molecule has 0 spiro atoms. The summed E-state index contributed by atoms with van der Waals surface area (Å²) in [6.07, 6.45) is 0.681. The largest absolute Gasteiger partial charge is 0.454 e. The van der Waals surface area contributed by atoms with Crippen LogP contribution in [-0.2, 0) is 24.3 Å². The van der Waals surface area contributed by atoms with Crippen molar-refractivity contribution in [2.75, 3.05) is 6.61 Å². The van der Waals surface area contributed by atoms with Gasteiger partial charge in [0.2, 0.25) is 10.0 Å². The van der Waals surface area contributed by atoms with Crippen LogP contribution in [0.15, 0.2) is 29.2 Å². The zero-order chi connectivity index (χ0) is 20.6. The molecule has 0 aliphatic rings. The van der Waals surface area contributed by atoms with Crippen LogP contribution in [-0.4, -0.2) is 45.0 Å². The van der Waals surface area contributed by atoms with E-state index in [1.807, 2.05) is 12.2 Å². The standard InChI is InChI=1S/C16H22ClN3O6S/c1-4-10(2)18-16(23)19-14(21)9-26-15(22)11(3)20-27(24,25)13-7-5-6-12(17)8-13/h5-8,10-11,20H,4,9H2,1-3H3,(H2,18,19,21,23)/t10-,11+/m1/s1. The van der Waals surface area contributed by atoms with Crippen molar-refractivity contribution in [2.24, 2.45) is 0 Å². The lowest BCUT2D eigenvalue weighted by Crippen LogP contribution is -2.45. The molecule has 11 heteroatoms. The summed E-state index contributed by atoms with van der Waals surface area (Å²) in [5.41, 5.74) is 0. The lowest BCUT2D eigenvalue weighted by molar-refractivity contribution is -0.149. The summed E-state index contributed by atoms with van der Waals surface area (Å²) in [7, 11) is -4.00. The molecule has 1 aromatic carbocycles. The molecule has 0 aromatic heterocycles. The van der Waals surface area contributed by atoms with Crippen LogP contribution < -0.4 is 15.4 Å². The summed E-state index contributed by atoms with van der Waals surface area (Å²) in [6, 6.07) is 3.42. The number of imide groups is 1. The number of carbonyl (C=O) groups is 3. The molecule has 3 N–H and O–H groups in total. The number of esters is 1. The van der Waals surface area contributed by atoms with Crippen LogP contribution in [0.3, 0.4) is 0 Å². The number of amides is 3. The van der Waals surface area contributed by atoms with E-state index in [9.17, 15) is 22.8 Å². The van der Waals surface area contributed by atoms with Crippen molar-refractivity contribution in [3.63, 3.8) is 0 Å². The minimum Gasteiger partial charge on any atom is -0.454 e. The molecule has 2 atom stereocenters. The highest BCUT2D eigenvalue weighted by Crippen LogP contribution is 2.15. The Kier molecular flexibility index (Phi) is 8.67. The number of urea groups is 1. The molecular weight excluding hydrogens is 398 g/mol. The number of hydrogen-bond donors (Lipinski definition) is 3. The molecule has 1 aromatic rings. The Morgan fingerprint density at radius 3 is 2.48 bits per heavy atom. The van der Waals surface area contributed by atoms with Crippen molar-refractivity contribution in [1.29, 1.82) is 0 Å². The quantitative estimate of drug-likeness (QED) is 0.542. The van der Waals surface area contributed by atoms with Gasteiger partial charge in [0.15, 0.2) is 6.61 Å². The summed E-state index contributed by atoms with van der Waals surface area (Å²) >= 11 is 5.76. The molecule has 0 bridgehead atoms. The van der Waals surface area contributed by atoms with Crippen LogP contribution in [0.5, 0.6) is 0 Å². The predicted molar refractivity (Wildman–Crippen MR) is 98.6 cm³/mol. The number of rotatable bonds is 8. The maximum atomic E-state index is 12.2. The second-order valence-corrected chi connectivity index (χ2v) is 7.89. The molecule has 27 heavy (non-hydrogen) atoms. The van der Waals surface area contributed by atoms with Gasteiger partial charge in [-0.2, -0.15) is 4.72 Å². The van der Waals surface area contributed by atoms with Crippen LogP contribution in [0, 0.1) is 0 Å². The Bertz CT molecular complexity index is 799. The molecule has 0 aliphatic heterocycles. The third kappa shape index (κ3) is 7.94. The molecule has 0 fully saturated rings. The summed E-state index contributed by atoms with van der Waals surface area (Å²) < 4.78 is 31.3. The second kappa shape index (κ2) is 10.2. The highest BCUT2D eigenvalue weighted by atomic mass is 35.5. The number of carbonyl (C=O) groups excluding carboxylic acids is 3. The molecule has 150 valence electrons. The maximum absolute atomic E-state index is 12.2. The van der Waals surface area contributed by atoms with Gasteiger partial charge in [0.05, 0.1) is 4.90 Å².